The maximum absolute atomic E-state index is 6.39. The molecule has 3 heteroatoms. The van der Waals surface area contributed by atoms with Crippen LogP contribution in [0.1, 0.15) is 48.6 Å². The summed E-state index contributed by atoms with van der Waals surface area (Å²) in [6.45, 7) is 11.7. The minimum atomic E-state index is 0.0862. The van der Waals surface area contributed by atoms with Crippen molar-refractivity contribution in [1.82, 2.24) is 0 Å². The molecule has 0 aliphatic heterocycles. The van der Waals surface area contributed by atoms with E-state index in [1.807, 2.05) is 19.3 Å². The number of rotatable bonds is 6. The minimum absolute atomic E-state index is 0.0862. The Morgan fingerprint density at radius 3 is 2.33 bits per heavy atom. The molecule has 0 fully saturated rings. The normalized spacial score (nSPS) is 12.2. The van der Waals surface area contributed by atoms with E-state index < -0.39 is 0 Å². The maximum Gasteiger partial charge on any atom is 0.130 e. The molecule has 0 heterocycles. The molecule has 1 unspecified atom stereocenters. The van der Waals surface area contributed by atoms with E-state index in [0.717, 1.165) is 5.75 Å². The summed E-state index contributed by atoms with van der Waals surface area (Å²) in [6, 6.07) is 21.6. The van der Waals surface area contributed by atoms with Crippen molar-refractivity contribution in [2.24, 2.45) is 4.99 Å². The molecule has 3 aromatic carbocycles. The third-order valence-corrected chi connectivity index (χ3v) is 6.48. The average molecular weight is 418 g/mol. The van der Waals surface area contributed by atoms with Crippen molar-refractivity contribution in [2.75, 3.05) is 7.05 Å². The van der Waals surface area contributed by atoms with Gasteiger partial charge in [0, 0.05) is 24.1 Å². The molecular formula is C27H32NOP. The molecule has 0 amide bonds. The van der Waals surface area contributed by atoms with Crippen LogP contribution in [0.25, 0.3) is 0 Å². The molecule has 156 valence electrons. The lowest BCUT2D eigenvalue weighted by atomic mass is 9.86. The highest BCUT2D eigenvalue weighted by Crippen LogP contribution is 2.31. The fourth-order valence-electron chi connectivity index (χ4n) is 3.41. The van der Waals surface area contributed by atoms with Gasteiger partial charge >= 0.3 is 0 Å². The Balaban J connectivity index is 2.03. The summed E-state index contributed by atoms with van der Waals surface area (Å²) in [6.07, 6.45) is 1.96. The highest BCUT2D eigenvalue weighted by atomic mass is 31.1. The first-order valence-corrected chi connectivity index (χ1v) is 11.4. The number of benzene rings is 3. The van der Waals surface area contributed by atoms with E-state index >= 15 is 0 Å². The molecule has 2 nitrogen and oxygen atoms in total. The molecule has 0 aromatic heterocycles. The van der Waals surface area contributed by atoms with Crippen LogP contribution in [0, 0.1) is 13.8 Å². The maximum atomic E-state index is 6.39. The fraction of sp³-hybridized carbons (Fsp3) is 0.296. The Bertz CT molecular complexity index is 1030. The van der Waals surface area contributed by atoms with Crippen LogP contribution < -0.4 is 15.3 Å². The summed E-state index contributed by atoms with van der Waals surface area (Å²) in [4.78, 5) is 4.27. The first-order chi connectivity index (χ1) is 14.3. The van der Waals surface area contributed by atoms with Gasteiger partial charge in [-0.05, 0) is 53.4 Å². The van der Waals surface area contributed by atoms with Crippen molar-refractivity contribution in [3.63, 3.8) is 0 Å². The average Bonchev–Trinajstić information content (AvgIpc) is 2.69. The molecular weight excluding hydrogens is 385 g/mol. The van der Waals surface area contributed by atoms with Crippen LogP contribution in [-0.4, -0.2) is 13.3 Å². The zero-order chi connectivity index (χ0) is 21.7. The van der Waals surface area contributed by atoms with E-state index in [9.17, 15) is 0 Å². The van der Waals surface area contributed by atoms with Gasteiger partial charge in [-0.25, -0.2) is 0 Å². The number of hydrogen-bond acceptors (Lipinski definition) is 2. The lowest BCUT2D eigenvalue weighted by Crippen LogP contribution is -2.18. The van der Waals surface area contributed by atoms with Crippen molar-refractivity contribution in [3.05, 3.63) is 88.5 Å². The first-order valence-electron chi connectivity index (χ1n) is 10.4. The molecule has 0 aliphatic carbocycles. The van der Waals surface area contributed by atoms with Gasteiger partial charge in [-0.15, -0.1) is 0 Å². The van der Waals surface area contributed by atoms with E-state index in [4.69, 9.17) is 4.74 Å². The molecule has 0 aliphatic rings. The van der Waals surface area contributed by atoms with E-state index in [1.54, 1.807) is 0 Å². The molecule has 0 spiro atoms. The monoisotopic (exact) mass is 417 g/mol. The standard InChI is InChI=1S/C27H32NOP/c1-19-12-13-24(22(14-19)17-28-6)30-25-16-23(27(3,4)5)15-20(2)26(25)29-18-21-10-8-7-9-11-21/h7-17,30H,18H2,1-6H3. The van der Waals surface area contributed by atoms with Crippen LogP contribution in [0.3, 0.4) is 0 Å². The van der Waals surface area contributed by atoms with Crippen LogP contribution in [0.4, 0.5) is 0 Å². The summed E-state index contributed by atoms with van der Waals surface area (Å²) in [5.74, 6) is 1.00. The van der Waals surface area contributed by atoms with Crippen LogP contribution in [0.5, 0.6) is 5.75 Å². The van der Waals surface area contributed by atoms with Crippen molar-refractivity contribution in [2.45, 2.75) is 46.6 Å². The van der Waals surface area contributed by atoms with Crippen LogP contribution in [0.15, 0.2) is 65.7 Å². The summed E-state index contributed by atoms with van der Waals surface area (Å²) >= 11 is 0. The summed E-state index contributed by atoms with van der Waals surface area (Å²) in [5, 5.41) is 2.55. The number of hydrogen-bond donors (Lipinski definition) is 0. The molecule has 3 aromatic rings. The van der Waals surface area contributed by atoms with Gasteiger partial charge in [0.15, 0.2) is 0 Å². The van der Waals surface area contributed by atoms with E-state index in [0.29, 0.717) is 15.2 Å². The number of aryl methyl sites for hydroxylation is 2. The highest BCUT2D eigenvalue weighted by Gasteiger charge is 2.19. The second-order valence-corrected chi connectivity index (χ2v) is 10.1. The van der Waals surface area contributed by atoms with Gasteiger partial charge in [0.1, 0.15) is 12.4 Å². The van der Waals surface area contributed by atoms with Crippen molar-refractivity contribution in [1.29, 1.82) is 0 Å². The van der Waals surface area contributed by atoms with Gasteiger partial charge in [-0.1, -0.05) is 83.4 Å². The van der Waals surface area contributed by atoms with Crippen molar-refractivity contribution >= 4 is 25.4 Å². The van der Waals surface area contributed by atoms with Gasteiger partial charge in [-0.3, -0.25) is 4.99 Å². The topological polar surface area (TPSA) is 21.6 Å². The van der Waals surface area contributed by atoms with Crippen LogP contribution in [0.2, 0.25) is 0 Å². The second-order valence-electron chi connectivity index (χ2n) is 8.80. The summed E-state index contributed by atoms with van der Waals surface area (Å²) in [5.41, 5.74) is 6.23. The Hall–Kier alpha value is -2.44. The molecule has 1 atom stereocenters. The predicted octanol–water partition coefficient (Wildman–Crippen LogP) is 5.86. The highest BCUT2D eigenvalue weighted by molar-refractivity contribution is 7.56. The third-order valence-electron chi connectivity index (χ3n) is 5.11. The Kier molecular flexibility index (Phi) is 7.10. The van der Waals surface area contributed by atoms with Crippen molar-refractivity contribution in [3.8, 4) is 5.75 Å². The molecule has 0 saturated carbocycles. The molecule has 0 saturated heterocycles. The first kappa shape index (κ1) is 22.2. The zero-order valence-electron chi connectivity index (χ0n) is 18.9. The van der Waals surface area contributed by atoms with Gasteiger partial charge in [0.25, 0.3) is 0 Å². The molecule has 3 rings (SSSR count). The smallest absolute Gasteiger partial charge is 0.130 e. The molecule has 30 heavy (non-hydrogen) atoms. The van der Waals surface area contributed by atoms with Gasteiger partial charge in [0.05, 0.1) is 0 Å². The number of nitrogens with zero attached hydrogens (tertiary/aromatic N) is 1. The lowest BCUT2D eigenvalue weighted by molar-refractivity contribution is 0.306. The molecule has 0 radical (unpaired) electrons. The van der Waals surface area contributed by atoms with E-state index in [2.05, 4.69) is 94.2 Å². The second kappa shape index (κ2) is 9.58. The molecule has 0 bridgehead atoms. The third kappa shape index (κ3) is 5.58. The predicted molar refractivity (Wildman–Crippen MR) is 133 cm³/mol. The largest absolute Gasteiger partial charge is 0.488 e. The van der Waals surface area contributed by atoms with E-state index in [1.165, 1.54) is 38.4 Å². The van der Waals surface area contributed by atoms with Gasteiger partial charge < -0.3 is 4.74 Å². The Morgan fingerprint density at radius 1 is 0.933 bits per heavy atom. The molecule has 0 N–H and O–H groups in total. The summed E-state index contributed by atoms with van der Waals surface area (Å²) < 4.78 is 6.39. The summed E-state index contributed by atoms with van der Waals surface area (Å²) in [7, 11) is 2.33. The zero-order valence-corrected chi connectivity index (χ0v) is 19.9. The Morgan fingerprint density at radius 2 is 1.67 bits per heavy atom. The van der Waals surface area contributed by atoms with Gasteiger partial charge in [0.2, 0.25) is 0 Å². The number of ether oxygens (including phenoxy) is 1. The number of aliphatic imine (C=N–C) groups is 1. The SMILES string of the molecule is CN=Cc1cc(C)ccc1Pc1cc(C(C)(C)C)cc(C)c1OCc1ccccc1. The van der Waals surface area contributed by atoms with Crippen LogP contribution in [-0.2, 0) is 12.0 Å². The minimum Gasteiger partial charge on any atom is -0.488 e. The van der Waals surface area contributed by atoms with Crippen molar-refractivity contribution < 1.29 is 4.74 Å². The van der Waals surface area contributed by atoms with E-state index in [-0.39, 0.29) is 5.41 Å². The van der Waals surface area contributed by atoms with Crippen LogP contribution >= 0.6 is 8.58 Å². The lowest BCUT2D eigenvalue weighted by Gasteiger charge is -2.24. The fourth-order valence-corrected chi connectivity index (χ4v) is 4.76. The van der Waals surface area contributed by atoms with Gasteiger partial charge in [-0.2, -0.15) is 0 Å². The quantitative estimate of drug-likeness (QED) is 0.364. The Labute approximate surface area is 183 Å².